The molecule has 0 saturated heterocycles. The van der Waals surface area contributed by atoms with E-state index < -0.39 is 18.2 Å². The lowest BCUT2D eigenvalue weighted by atomic mass is 9.99. The molecule has 0 aromatic heterocycles. The summed E-state index contributed by atoms with van der Waals surface area (Å²) in [6.45, 7) is -0.697. The lowest BCUT2D eigenvalue weighted by molar-refractivity contribution is -0.0512. The number of alkyl halides is 2. The monoisotopic (exact) mass is 455 g/mol. The zero-order valence-corrected chi connectivity index (χ0v) is 17.4. The van der Waals surface area contributed by atoms with Gasteiger partial charge in [-0.05, 0) is 53.4 Å². The summed E-state index contributed by atoms with van der Waals surface area (Å²) in [5.41, 5.74) is 3.68. The Hall–Kier alpha value is -2.57. The molecule has 0 unspecified atom stereocenters. The quantitative estimate of drug-likeness (QED) is 0.393. The molecular formula is C22H18Cl2F3NO2. The minimum absolute atomic E-state index is 0.204. The number of nitrogens with one attached hydrogen (secondary N) is 1. The third kappa shape index (κ3) is 5.12. The lowest BCUT2D eigenvalue weighted by Gasteiger charge is -2.15. The van der Waals surface area contributed by atoms with Gasteiger partial charge in [-0.3, -0.25) is 0 Å². The highest BCUT2D eigenvalue weighted by atomic mass is 35.5. The van der Waals surface area contributed by atoms with Crippen molar-refractivity contribution < 1.29 is 23.0 Å². The van der Waals surface area contributed by atoms with Gasteiger partial charge in [0.1, 0.15) is 5.82 Å². The molecule has 0 aliphatic heterocycles. The molecule has 30 heavy (non-hydrogen) atoms. The molecule has 0 amide bonds. The van der Waals surface area contributed by atoms with Crippen LogP contribution in [0.1, 0.15) is 18.1 Å². The van der Waals surface area contributed by atoms with Gasteiger partial charge >= 0.3 is 6.61 Å². The van der Waals surface area contributed by atoms with Crippen molar-refractivity contribution in [3.05, 3.63) is 75.5 Å². The van der Waals surface area contributed by atoms with Crippen LogP contribution in [0.25, 0.3) is 11.1 Å². The van der Waals surface area contributed by atoms with Gasteiger partial charge in [0.25, 0.3) is 0 Å². The van der Waals surface area contributed by atoms with Crippen molar-refractivity contribution in [3.8, 4) is 22.6 Å². The number of aryl methyl sites for hydroxylation is 1. The largest absolute Gasteiger partial charge is 0.504 e. The average molecular weight is 456 g/mol. The SMILES string of the molecule is CCc1cc(-c2cc(OC(F)F)c(O)cc2Cl)ccc1NCc1ccc(F)cc1Cl. The molecule has 0 saturated carbocycles. The normalized spacial score (nSPS) is 11.0. The summed E-state index contributed by atoms with van der Waals surface area (Å²) in [5.74, 6) is -1.21. The van der Waals surface area contributed by atoms with Gasteiger partial charge in [0.05, 0.1) is 5.02 Å². The van der Waals surface area contributed by atoms with Gasteiger partial charge in [0.15, 0.2) is 11.5 Å². The summed E-state index contributed by atoms with van der Waals surface area (Å²) in [6, 6.07) is 12.2. The summed E-state index contributed by atoms with van der Waals surface area (Å²) in [7, 11) is 0. The fourth-order valence-electron chi connectivity index (χ4n) is 3.04. The number of halogens is 5. The molecule has 0 aliphatic rings. The standard InChI is InChI=1S/C22H18Cl2F3NO2/c1-2-12-7-13(16-9-21(30-22(26)27)20(29)10-18(16)24)4-6-19(12)28-11-14-3-5-15(25)8-17(14)23/h3-10,22,28-29H,2,11H2,1H3. The third-order valence-electron chi connectivity index (χ3n) is 4.55. The summed E-state index contributed by atoms with van der Waals surface area (Å²) in [4.78, 5) is 0. The van der Waals surface area contributed by atoms with Gasteiger partial charge < -0.3 is 15.2 Å². The first kappa shape index (κ1) is 22.1. The Bertz CT molecular complexity index is 1060. The Labute approximate surface area is 182 Å². The molecule has 0 radical (unpaired) electrons. The number of anilines is 1. The predicted octanol–water partition coefficient (Wildman–Crippen LogP) is 7.28. The molecule has 0 spiro atoms. The number of aromatic hydroxyl groups is 1. The van der Waals surface area contributed by atoms with Crippen LogP contribution in [0.15, 0.2) is 48.5 Å². The Morgan fingerprint density at radius 2 is 1.77 bits per heavy atom. The fourth-order valence-corrected chi connectivity index (χ4v) is 3.54. The van der Waals surface area contributed by atoms with Crippen molar-refractivity contribution in [3.63, 3.8) is 0 Å². The van der Waals surface area contributed by atoms with E-state index in [0.29, 0.717) is 29.1 Å². The summed E-state index contributed by atoms with van der Waals surface area (Å²) in [6.07, 6.45) is 0.684. The maximum Gasteiger partial charge on any atom is 0.387 e. The van der Waals surface area contributed by atoms with Crippen LogP contribution in [-0.4, -0.2) is 11.7 Å². The smallest absolute Gasteiger partial charge is 0.387 e. The number of rotatable bonds is 7. The molecule has 3 aromatic carbocycles. The van der Waals surface area contributed by atoms with Crippen LogP contribution in [0.4, 0.5) is 18.9 Å². The van der Waals surface area contributed by atoms with Crippen LogP contribution < -0.4 is 10.1 Å². The molecule has 0 aliphatic carbocycles. The van der Waals surface area contributed by atoms with E-state index in [1.54, 1.807) is 12.1 Å². The molecule has 8 heteroatoms. The second-order valence-corrected chi connectivity index (χ2v) is 7.31. The van der Waals surface area contributed by atoms with E-state index in [-0.39, 0.29) is 10.8 Å². The predicted molar refractivity (Wildman–Crippen MR) is 113 cm³/mol. The second kappa shape index (κ2) is 9.49. The van der Waals surface area contributed by atoms with Crippen LogP contribution >= 0.6 is 23.2 Å². The number of phenolic OH excluding ortho intramolecular Hbond substituents is 1. The lowest BCUT2D eigenvalue weighted by Crippen LogP contribution is -2.04. The fraction of sp³-hybridized carbons (Fsp3) is 0.182. The Balaban J connectivity index is 1.88. The van der Waals surface area contributed by atoms with Gasteiger partial charge in [-0.1, -0.05) is 42.3 Å². The molecule has 3 aromatic rings. The Morgan fingerprint density at radius 1 is 1.00 bits per heavy atom. The number of phenols is 1. The molecule has 0 atom stereocenters. The number of benzene rings is 3. The van der Waals surface area contributed by atoms with Crippen LogP contribution in [-0.2, 0) is 13.0 Å². The molecule has 0 heterocycles. The maximum atomic E-state index is 13.2. The highest BCUT2D eigenvalue weighted by molar-refractivity contribution is 6.33. The van der Waals surface area contributed by atoms with E-state index in [4.69, 9.17) is 23.2 Å². The highest BCUT2D eigenvalue weighted by Crippen LogP contribution is 2.39. The van der Waals surface area contributed by atoms with Crippen molar-refractivity contribution in [2.24, 2.45) is 0 Å². The van der Waals surface area contributed by atoms with Gasteiger partial charge in [0, 0.05) is 28.9 Å². The van der Waals surface area contributed by atoms with Crippen LogP contribution in [0, 0.1) is 5.82 Å². The number of hydrogen-bond acceptors (Lipinski definition) is 3. The van der Waals surface area contributed by atoms with Crippen molar-refractivity contribution in [1.82, 2.24) is 0 Å². The first-order valence-corrected chi connectivity index (χ1v) is 9.82. The first-order chi connectivity index (χ1) is 14.3. The van der Waals surface area contributed by atoms with E-state index in [2.05, 4.69) is 10.1 Å². The number of hydrogen-bond donors (Lipinski definition) is 2. The average Bonchev–Trinajstić information content (AvgIpc) is 2.69. The van der Waals surface area contributed by atoms with E-state index in [1.807, 2.05) is 19.1 Å². The van der Waals surface area contributed by atoms with E-state index >= 15 is 0 Å². The van der Waals surface area contributed by atoms with Crippen molar-refractivity contribution in [2.45, 2.75) is 26.5 Å². The van der Waals surface area contributed by atoms with Gasteiger partial charge in [0.2, 0.25) is 0 Å². The van der Waals surface area contributed by atoms with Crippen LogP contribution in [0.3, 0.4) is 0 Å². The first-order valence-electron chi connectivity index (χ1n) is 9.07. The van der Waals surface area contributed by atoms with E-state index in [0.717, 1.165) is 16.8 Å². The summed E-state index contributed by atoms with van der Waals surface area (Å²) in [5, 5.41) is 13.6. The minimum atomic E-state index is -3.07. The summed E-state index contributed by atoms with van der Waals surface area (Å²) < 4.78 is 42.7. The van der Waals surface area contributed by atoms with Crippen LogP contribution in [0.5, 0.6) is 11.5 Å². The van der Waals surface area contributed by atoms with Crippen molar-refractivity contribution >= 4 is 28.9 Å². The zero-order chi connectivity index (χ0) is 21.8. The van der Waals surface area contributed by atoms with Gasteiger partial charge in [-0.25, -0.2) is 4.39 Å². The Kier molecular flexibility index (Phi) is 7.00. The van der Waals surface area contributed by atoms with E-state index in [9.17, 15) is 18.3 Å². The van der Waals surface area contributed by atoms with Gasteiger partial charge in [-0.15, -0.1) is 0 Å². The number of ether oxygens (including phenoxy) is 1. The van der Waals surface area contributed by atoms with Gasteiger partial charge in [-0.2, -0.15) is 8.78 Å². The highest BCUT2D eigenvalue weighted by Gasteiger charge is 2.15. The molecule has 0 fully saturated rings. The van der Waals surface area contributed by atoms with Crippen molar-refractivity contribution in [1.29, 1.82) is 0 Å². The van der Waals surface area contributed by atoms with Crippen molar-refractivity contribution in [2.75, 3.05) is 5.32 Å². The molecule has 3 nitrogen and oxygen atoms in total. The molecule has 158 valence electrons. The second-order valence-electron chi connectivity index (χ2n) is 6.49. The van der Waals surface area contributed by atoms with E-state index in [1.165, 1.54) is 24.3 Å². The molecule has 0 bridgehead atoms. The minimum Gasteiger partial charge on any atom is -0.504 e. The molecule has 2 N–H and O–H groups in total. The molecular weight excluding hydrogens is 438 g/mol. The maximum absolute atomic E-state index is 13.2. The third-order valence-corrected chi connectivity index (χ3v) is 5.21. The Morgan fingerprint density at radius 3 is 2.43 bits per heavy atom. The topological polar surface area (TPSA) is 41.5 Å². The summed E-state index contributed by atoms with van der Waals surface area (Å²) >= 11 is 12.3. The zero-order valence-electron chi connectivity index (χ0n) is 15.9. The van der Waals surface area contributed by atoms with Crippen LogP contribution in [0.2, 0.25) is 10.0 Å². The molecule has 3 rings (SSSR count).